The quantitative estimate of drug-likeness (QED) is 0.893. The second-order valence-electron chi connectivity index (χ2n) is 6.38. The summed E-state index contributed by atoms with van der Waals surface area (Å²) in [5, 5.41) is 15.2. The molecule has 3 atom stereocenters. The smallest absolute Gasteiger partial charge is 0.0996 e. The average molecular weight is 344 g/mol. The summed E-state index contributed by atoms with van der Waals surface area (Å²) in [4.78, 5) is 2.13. The van der Waals surface area contributed by atoms with Gasteiger partial charge in [-0.1, -0.05) is 19.8 Å². The van der Waals surface area contributed by atoms with E-state index in [1.54, 1.807) is 6.20 Å². The minimum absolute atomic E-state index is 0.366. The van der Waals surface area contributed by atoms with Crippen molar-refractivity contribution in [3.8, 4) is 0 Å². The molecule has 1 aliphatic rings. The predicted octanol–water partition coefficient (Wildman–Crippen LogP) is 3.07. The van der Waals surface area contributed by atoms with Gasteiger partial charge in [-0.15, -0.1) is 0 Å². The zero-order valence-corrected chi connectivity index (χ0v) is 14.3. The largest absolute Gasteiger partial charge is 0.386 e. The van der Waals surface area contributed by atoms with E-state index in [1.807, 2.05) is 4.68 Å². The van der Waals surface area contributed by atoms with Crippen LogP contribution in [0.4, 0.5) is 0 Å². The van der Waals surface area contributed by atoms with Crippen LogP contribution in [0.25, 0.3) is 0 Å². The second kappa shape index (κ2) is 7.05. The van der Waals surface area contributed by atoms with Gasteiger partial charge in [-0.2, -0.15) is 5.10 Å². The number of aliphatic hydroxyl groups excluding tert-OH is 1. The summed E-state index contributed by atoms with van der Waals surface area (Å²) in [7, 11) is 4.11. The van der Waals surface area contributed by atoms with Crippen LogP contribution in [0.1, 0.15) is 44.4 Å². The third-order valence-electron chi connectivity index (χ3n) is 4.30. The summed E-state index contributed by atoms with van der Waals surface area (Å²) in [6, 6.07) is 0. The Morgan fingerprint density at radius 1 is 1.50 bits per heavy atom. The Hall–Kier alpha value is -0.390. The number of nitrogens with zero attached hydrogens (tertiary/aromatic N) is 3. The highest BCUT2D eigenvalue weighted by molar-refractivity contribution is 9.10. The minimum atomic E-state index is -0.406. The van der Waals surface area contributed by atoms with Crippen LogP contribution in [0.15, 0.2) is 10.7 Å². The standard InChI is InChI=1S/C15H26BrN3O/c1-11-5-4-6-12(9-11)15(20)14-13(16)10-17-19(14)8-7-18(2)3/h10-12,15,20H,4-9H2,1-3H3. The number of aliphatic hydroxyl groups is 1. The predicted molar refractivity (Wildman–Crippen MR) is 84.6 cm³/mol. The average Bonchev–Trinajstić information content (AvgIpc) is 2.76. The first-order valence-corrected chi connectivity index (χ1v) is 8.32. The maximum Gasteiger partial charge on any atom is 0.0996 e. The molecule has 3 unspecified atom stereocenters. The molecule has 20 heavy (non-hydrogen) atoms. The van der Waals surface area contributed by atoms with Crippen LogP contribution in [0.3, 0.4) is 0 Å². The molecule has 1 fully saturated rings. The summed E-state index contributed by atoms with van der Waals surface area (Å²) in [6.45, 7) is 4.03. The van der Waals surface area contributed by atoms with Gasteiger partial charge in [0, 0.05) is 6.54 Å². The molecule has 1 aromatic heterocycles. The molecule has 5 heteroatoms. The Morgan fingerprint density at radius 3 is 2.90 bits per heavy atom. The molecule has 0 aliphatic heterocycles. The molecule has 114 valence electrons. The molecule has 1 aliphatic carbocycles. The number of halogens is 1. The molecule has 4 nitrogen and oxygen atoms in total. The van der Waals surface area contributed by atoms with E-state index in [-0.39, 0.29) is 0 Å². The number of rotatable bonds is 5. The molecule has 1 N–H and O–H groups in total. The van der Waals surface area contributed by atoms with Crippen LogP contribution in [0.2, 0.25) is 0 Å². The van der Waals surface area contributed by atoms with Crippen LogP contribution < -0.4 is 0 Å². The zero-order chi connectivity index (χ0) is 14.7. The number of hydrogen-bond donors (Lipinski definition) is 1. The summed E-state index contributed by atoms with van der Waals surface area (Å²) in [6.07, 6.45) is 6.16. The first-order chi connectivity index (χ1) is 9.49. The SMILES string of the molecule is CC1CCCC(C(O)c2c(Br)cnn2CCN(C)C)C1. The Labute approximate surface area is 130 Å². The summed E-state index contributed by atoms with van der Waals surface area (Å²) < 4.78 is 2.88. The highest BCUT2D eigenvalue weighted by Gasteiger charge is 2.30. The van der Waals surface area contributed by atoms with E-state index in [9.17, 15) is 5.11 Å². The lowest BCUT2D eigenvalue weighted by Crippen LogP contribution is -2.25. The van der Waals surface area contributed by atoms with Crippen LogP contribution in [-0.2, 0) is 6.54 Å². The molecular weight excluding hydrogens is 318 g/mol. The molecule has 0 saturated heterocycles. The highest BCUT2D eigenvalue weighted by atomic mass is 79.9. The fourth-order valence-corrected chi connectivity index (χ4v) is 3.66. The number of hydrogen-bond acceptors (Lipinski definition) is 3. The van der Waals surface area contributed by atoms with E-state index in [1.165, 1.54) is 12.8 Å². The Bertz CT molecular complexity index is 433. The fourth-order valence-electron chi connectivity index (χ4n) is 3.13. The highest BCUT2D eigenvalue weighted by Crippen LogP contribution is 2.39. The molecule has 0 bridgehead atoms. The van der Waals surface area contributed by atoms with Crippen LogP contribution >= 0.6 is 15.9 Å². The van der Waals surface area contributed by atoms with Crippen molar-refractivity contribution in [1.29, 1.82) is 0 Å². The van der Waals surface area contributed by atoms with E-state index in [2.05, 4.69) is 46.9 Å². The van der Waals surface area contributed by atoms with Crippen molar-refractivity contribution in [1.82, 2.24) is 14.7 Å². The molecule has 0 radical (unpaired) electrons. The summed E-state index contributed by atoms with van der Waals surface area (Å²) in [5.74, 6) is 1.09. The molecule has 1 heterocycles. The van der Waals surface area contributed by atoms with Crippen molar-refractivity contribution in [3.63, 3.8) is 0 Å². The van der Waals surface area contributed by atoms with Gasteiger partial charge in [0.25, 0.3) is 0 Å². The van der Waals surface area contributed by atoms with Gasteiger partial charge in [-0.25, -0.2) is 0 Å². The maximum absolute atomic E-state index is 10.8. The lowest BCUT2D eigenvalue weighted by molar-refractivity contribution is 0.0631. The van der Waals surface area contributed by atoms with Crippen molar-refractivity contribution >= 4 is 15.9 Å². The Balaban J connectivity index is 2.11. The first kappa shape index (κ1) is 16.0. The lowest BCUT2D eigenvalue weighted by Gasteiger charge is -2.31. The molecule has 0 spiro atoms. The fraction of sp³-hybridized carbons (Fsp3) is 0.800. The first-order valence-electron chi connectivity index (χ1n) is 7.53. The molecule has 1 aromatic rings. The van der Waals surface area contributed by atoms with Crippen molar-refractivity contribution < 1.29 is 5.11 Å². The van der Waals surface area contributed by atoms with Crippen molar-refractivity contribution in [2.24, 2.45) is 11.8 Å². The number of likely N-dealkylation sites (N-methyl/N-ethyl adjacent to an activating group) is 1. The summed E-state index contributed by atoms with van der Waals surface area (Å²) in [5.41, 5.74) is 0.950. The Morgan fingerprint density at radius 2 is 2.25 bits per heavy atom. The topological polar surface area (TPSA) is 41.3 Å². The van der Waals surface area contributed by atoms with Gasteiger partial charge in [0.05, 0.1) is 29.0 Å². The molecule has 2 rings (SSSR count). The van der Waals surface area contributed by atoms with Crippen LogP contribution in [0, 0.1) is 11.8 Å². The van der Waals surface area contributed by atoms with Crippen LogP contribution in [0.5, 0.6) is 0 Å². The normalized spacial score (nSPS) is 25.1. The van der Waals surface area contributed by atoms with E-state index in [4.69, 9.17) is 0 Å². The zero-order valence-electron chi connectivity index (χ0n) is 12.7. The molecule has 0 amide bonds. The van der Waals surface area contributed by atoms with Gasteiger partial charge < -0.3 is 10.0 Å². The summed E-state index contributed by atoms with van der Waals surface area (Å²) >= 11 is 3.55. The van der Waals surface area contributed by atoms with Gasteiger partial charge in [-0.3, -0.25) is 4.68 Å². The van der Waals surface area contributed by atoms with Crippen molar-refractivity contribution in [2.45, 2.75) is 45.3 Å². The van der Waals surface area contributed by atoms with Gasteiger partial charge in [0.2, 0.25) is 0 Å². The van der Waals surface area contributed by atoms with E-state index in [0.717, 1.165) is 42.0 Å². The third kappa shape index (κ3) is 3.83. The second-order valence-corrected chi connectivity index (χ2v) is 7.24. The van der Waals surface area contributed by atoms with Gasteiger partial charge >= 0.3 is 0 Å². The number of aromatic nitrogens is 2. The van der Waals surface area contributed by atoms with E-state index in [0.29, 0.717) is 5.92 Å². The molecular formula is C15H26BrN3O. The maximum atomic E-state index is 10.8. The third-order valence-corrected chi connectivity index (χ3v) is 4.91. The molecule has 1 saturated carbocycles. The van der Waals surface area contributed by atoms with E-state index >= 15 is 0 Å². The molecule has 0 aromatic carbocycles. The van der Waals surface area contributed by atoms with Gasteiger partial charge in [0.15, 0.2) is 0 Å². The van der Waals surface area contributed by atoms with Crippen molar-refractivity contribution in [3.05, 3.63) is 16.4 Å². The van der Waals surface area contributed by atoms with Gasteiger partial charge in [-0.05, 0) is 54.7 Å². The Kier molecular flexibility index (Phi) is 5.64. The van der Waals surface area contributed by atoms with Crippen molar-refractivity contribution in [2.75, 3.05) is 20.6 Å². The minimum Gasteiger partial charge on any atom is -0.386 e. The van der Waals surface area contributed by atoms with Crippen LogP contribution in [-0.4, -0.2) is 40.4 Å². The van der Waals surface area contributed by atoms with E-state index < -0.39 is 6.10 Å². The van der Waals surface area contributed by atoms with Gasteiger partial charge in [0.1, 0.15) is 0 Å². The monoisotopic (exact) mass is 343 g/mol. The lowest BCUT2D eigenvalue weighted by atomic mass is 9.79.